The Morgan fingerprint density at radius 3 is 1.61 bits per heavy atom. The third-order valence-electron chi connectivity index (χ3n) is 5.10. The van der Waals surface area contributed by atoms with Gasteiger partial charge in [0.15, 0.2) is 0 Å². The number of carbonyl (C=O) groups excluding carboxylic acids is 1. The molecule has 0 aromatic heterocycles. The highest BCUT2D eigenvalue weighted by atomic mass is 16.7. The summed E-state index contributed by atoms with van der Waals surface area (Å²) in [5.41, 5.74) is 0.952. The molecule has 1 N–H and O–H groups in total. The first-order valence-electron chi connectivity index (χ1n) is 11.0. The van der Waals surface area contributed by atoms with Crippen LogP contribution in [0.3, 0.4) is 0 Å². The van der Waals surface area contributed by atoms with Gasteiger partial charge in [0, 0.05) is 22.3 Å². The van der Waals surface area contributed by atoms with Gasteiger partial charge in [-0.15, -0.1) is 0 Å². The first-order valence-corrected chi connectivity index (χ1v) is 11.0. The summed E-state index contributed by atoms with van der Waals surface area (Å²) in [6, 6.07) is 7.13. The van der Waals surface area contributed by atoms with Crippen molar-refractivity contribution in [1.82, 2.24) is 0 Å². The minimum atomic E-state index is -0.821. The van der Waals surface area contributed by atoms with E-state index in [1.807, 2.05) is 53.7 Å². The van der Waals surface area contributed by atoms with Crippen molar-refractivity contribution in [3.05, 3.63) is 35.4 Å². The SMILES string of the molecule is COc1cc(-c2cc(OC)cc(C(C)(C)C)c2OC(=O)OC(C)(C)C)c(O)c(C(C)(C)C)c1. The van der Waals surface area contributed by atoms with E-state index in [-0.39, 0.29) is 11.2 Å². The summed E-state index contributed by atoms with van der Waals surface area (Å²) in [5.74, 6) is 1.55. The van der Waals surface area contributed by atoms with E-state index < -0.39 is 17.2 Å². The van der Waals surface area contributed by atoms with Gasteiger partial charge in [0.05, 0.1) is 14.2 Å². The minimum absolute atomic E-state index is 0.0884. The van der Waals surface area contributed by atoms with Crippen molar-refractivity contribution in [3.8, 4) is 34.1 Å². The van der Waals surface area contributed by atoms with E-state index in [1.165, 1.54) is 0 Å². The second-order valence-corrected chi connectivity index (χ2v) is 11.2. The third-order valence-corrected chi connectivity index (χ3v) is 5.10. The summed E-state index contributed by atoms with van der Waals surface area (Å²) in [6.45, 7) is 17.4. The zero-order valence-electron chi connectivity index (χ0n) is 21.8. The maximum absolute atomic E-state index is 12.7. The van der Waals surface area contributed by atoms with E-state index in [1.54, 1.807) is 47.1 Å². The van der Waals surface area contributed by atoms with Crippen molar-refractivity contribution in [2.75, 3.05) is 14.2 Å². The predicted octanol–water partition coefficient (Wildman–Crippen LogP) is 6.99. The zero-order chi connectivity index (χ0) is 25.4. The molecule has 33 heavy (non-hydrogen) atoms. The van der Waals surface area contributed by atoms with Crippen LogP contribution in [0.15, 0.2) is 24.3 Å². The van der Waals surface area contributed by atoms with E-state index in [0.29, 0.717) is 33.9 Å². The van der Waals surface area contributed by atoms with E-state index in [4.69, 9.17) is 18.9 Å². The Morgan fingerprint density at radius 2 is 1.18 bits per heavy atom. The molecule has 2 aromatic rings. The van der Waals surface area contributed by atoms with Crippen LogP contribution < -0.4 is 14.2 Å². The lowest BCUT2D eigenvalue weighted by Crippen LogP contribution is -2.27. The molecule has 6 heteroatoms. The van der Waals surface area contributed by atoms with Crippen LogP contribution in [0.25, 0.3) is 11.1 Å². The molecule has 0 aliphatic carbocycles. The number of hydrogen-bond acceptors (Lipinski definition) is 6. The maximum atomic E-state index is 12.7. The van der Waals surface area contributed by atoms with Crippen LogP contribution in [0.1, 0.15) is 73.4 Å². The lowest BCUT2D eigenvalue weighted by Gasteiger charge is -2.28. The van der Waals surface area contributed by atoms with Gasteiger partial charge in [0.1, 0.15) is 28.6 Å². The van der Waals surface area contributed by atoms with Crippen LogP contribution in [-0.4, -0.2) is 31.1 Å². The van der Waals surface area contributed by atoms with Crippen molar-refractivity contribution < 1.29 is 28.8 Å². The van der Waals surface area contributed by atoms with E-state index in [9.17, 15) is 9.90 Å². The summed E-state index contributed by atoms with van der Waals surface area (Å²) in [7, 11) is 3.15. The molecule has 0 radical (unpaired) electrons. The summed E-state index contributed by atoms with van der Waals surface area (Å²) in [6.07, 6.45) is -0.821. The number of aromatic hydroxyl groups is 1. The van der Waals surface area contributed by atoms with Gasteiger partial charge in [-0.1, -0.05) is 41.5 Å². The van der Waals surface area contributed by atoms with Crippen molar-refractivity contribution in [3.63, 3.8) is 0 Å². The number of ether oxygens (including phenoxy) is 4. The first-order chi connectivity index (χ1) is 15.0. The maximum Gasteiger partial charge on any atom is 0.514 e. The number of rotatable bonds is 4. The van der Waals surface area contributed by atoms with Gasteiger partial charge in [0.25, 0.3) is 0 Å². The quantitative estimate of drug-likeness (QED) is 0.393. The molecule has 2 rings (SSSR count). The summed E-state index contributed by atoms with van der Waals surface area (Å²) in [4.78, 5) is 12.7. The molecule has 0 saturated carbocycles. The smallest absolute Gasteiger partial charge is 0.507 e. The number of phenolic OH excluding ortho intramolecular Hbond substituents is 1. The third kappa shape index (κ3) is 6.34. The molecule has 182 valence electrons. The molecule has 0 atom stereocenters. The van der Waals surface area contributed by atoms with Gasteiger partial charge in [-0.2, -0.15) is 0 Å². The fraction of sp³-hybridized carbons (Fsp3) is 0.519. The van der Waals surface area contributed by atoms with Crippen molar-refractivity contribution >= 4 is 6.16 Å². The fourth-order valence-electron chi connectivity index (χ4n) is 3.44. The van der Waals surface area contributed by atoms with Crippen molar-refractivity contribution in [2.24, 2.45) is 0 Å². The standard InChI is InChI=1S/C27H38O6/c1-25(2,3)20-14-16(30-10)12-18(22(20)28)19-13-17(31-11)15-21(26(4,5)6)23(19)32-24(29)33-27(7,8)9/h12-15,28H,1-11H3. The average molecular weight is 459 g/mol. The highest BCUT2D eigenvalue weighted by Gasteiger charge is 2.30. The van der Waals surface area contributed by atoms with Crippen LogP contribution in [0.2, 0.25) is 0 Å². The van der Waals surface area contributed by atoms with E-state index in [0.717, 1.165) is 5.56 Å². The summed E-state index contributed by atoms with van der Waals surface area (Å²) < 4.78 is 22.3. The molecule has 0 aliphatic heterocycles. The number of hydrogen-bond donors (Lipinski definition) is 1. The van der Waals surface area contributed by atoms with Gasteiger partial charge >= 0.3 is 6.16 Å². The van der Waals surface area contributed by atoms with Gasteiger partial charge in [-0.25, -0.2) is 4.79 Å². The average Bonchev–Trinajstić information content (AvgIpc) is 2.65. The Balaban J connectivity index is 2.91. The Hall–Kier alpha value is -2.89. The van der Waals surface area contributed by atoms with Crippen LogP contribution in [0.5, 0.6) is 23.0 Å². The molecule has 0 fully saturated rings. The zero-order valence-corrected chi connectivity index (χ0v) is 21.8. The largest absolute Gasteiger partial charge is 0.514 e. The van der Waals surface area contributed by atoms with Gasteiger partial charge < -0.3 is 24.1 Å². The topological polar surface area (TPSA) is 74.2 Å². The Bertz CT molecular complexity index is 1020. The monoisotopic (exact) mass is 458 g/mol. The second kappa shape index (κ2) is 9.16. The number of carbonyl (C=O) groups is 1. The van der Waals surface area contributed by atoms with E-state index >= 15 is 0 Å². The second-order valence-electron chi connectivity index (χ2n) is 11.2. The number of phenols is 1. The Kier molecular flexibility index (Phi) is 7.32. The molecule has 0 saturated heterocycles. The van der Waals surface area contributed by atoms with Gasteiger partial charge in [-0.3, -0.25) is 0 Å². The Morgan fingerprint density at radius 1 is 0.727 bits per heavy atom. The molecular formula is C27H38O6. The fourth-order valence-corrected chi connectivity index (χ4v) is 3.44. The highest BCUT2D eigenvalue weighted by Crippen LogP contribution is 2.48. The van der Waals surface area contributed by atoms with E-state index in [2.05, 4.69) is 0 Å². The normalized spacial score (nSPS) is 12.3. The molecule has 0 amide bonds. The highest BCUT2D eigenvalue weighted by molar-refractivity contribution is 5.83. The molecule has 0 aliphatic rings. The molecule has 0 heterocycles. The number of benzene rings is 2. The van der Waals surface area contributed by atoms with Gasteiger partial charge in [0.2, 0.25) is 0 Å². The molecule has 2 aromatic carbocycles. The molecule has 0 unspecified atom stereocenters. The van der Waals surface area contributed by atoms with Crippen LogP contribution in [0.4, 0.5) is 4.79 Å². The summed E-state index contributed by atoms with van der Waals surface area (Å²) >= 11 is 0. The van der Waals surface area contributed by atoms with Crippen LogP contribution >= 0.6 is 0 Å². The summed E-state index contributed by atoms with van der Waals surface area (Å²) in [5, 5.41) is 11.3. The minimum Gasteiger partial charge on any atom is -0.507 e. The van der Waals surface area contributed by atoms with Crippen molar-refractivity contribution in [1.29, 1.82) is 0 Å². The lowest BCUT2D eigenvalue weighted by atomic mass is 9.81. The predicted molar refractivity (Wildman–Crippen MR) is 131 cm³/mol. The molecule has 6 nitrogen and oxygen atoms in total. The van der Waals surface area contributed by atoms with Gasteiger partial charge in [-0.05, 0) is 55.9 Å². The molecular weight excluding hydrogens is 420 g/mol. The van der Waals surface area contributed by atoms with Crippen LogP contribution in [0, 0.1) is 0 Å². The Labute approximate surface area is 197 Å². The van der Waals surface area contributed by atoms with Crippen LogP contribution in [-0.2, 0) is 15.6 Å². The molecule has 0 bridgehead atoms. The molecule has 0 spiro atoms. The van der Waals surface area contributed by atoms with Crippen molar-refractivity contribution in [2.45, 2.75) is 78.7 Å². The first kappa shape index (κ1) is 26.4. The number of methoxy groups -OCH3 is 2. The lowest BCUT2D eigenvalue weighted by molar-refractivity contribution is 0.0204.